The monoisotopic (exact) mass is 639 g/mol. The number of anilines is 1. The molecule has 0 amide bonds. The Morgan fingerprint density at radius 1 is 0.927 bits per heavy atom. The second-order valence-corrected chi connectivity index (χ2v) is 14.0. The minimum atomic E-state index is -4.25. The van der Waals surface area contributed by atoms with Gasteiger partial charge in [0.15, 0.2) is 12.3 Å². The van der Waals surface area contributed by atoms with Crippen LogP contribution in [0.1, 0.15) is 17.8 Å². The molecule has 2 N–H and O–H groups in total. The van der Waals surface area contributed by atoms with Gasteiger partial charge < -0.3 is 9.64 Å². The van der Waals surface area contributed by atoms with Crippen molar-refractivity contribution < 1.29 is 39.6 Å². The van der Waals surface area contributed by atoms with Gasteiger partial charge in [-0.1, -0.05) is 59.3 Å². The van der Waals surface area contributed by atoms with Gasteiger partial charge in [-0.3, -0.25) is 9.11 Å². The second kappa shape index (κ2) is 11.7. The molecule has 14 heteroatoms. The minimum Gasteiger partial charge on any atom is -0.435 e. The number of benzene rings is 3. The highest BCUT2D eigenvalue weighted by Crippen LogP contribution is 2.44. The average molecular weight is 640 g/mol. The molecule has 1 aliphatic heterocycles. The predicted molar refractivity (Wildman–Crippen MR) is 157 cm³/mol. The topological polar surface area (TPSA) is 125 Å². The fourth-order valence-corrected chi connectivity index (χ4v) is 6.87. The summed E-state index contributed by atoms with van der Waals surface area (Å²) in [7, 11) is -8.47. The van der Waals surface area contributed by atoms with E-state index in [1.807, 2.05) is 42.5 Å². The Labute approximate surface area is 245 Å². The van der Waals surface area contributed by atoms with Crippen molar-refractivity contribution in [3.63, 3.8) is 0 Å². The first kappa shape index (κ1) is 29.4. The summed E-state index contributed by atoms with van der Waals surface area (Å²) in [5.74, 6) is -1.59. The molecule has 216 valence electrons. The molecule has 0 radical (unpaired) electrons. The predicted octanol–water partition coefficient (Wildman–Crippen LogP) is 5.56. The minimum absolute atomic E-state index is 0.00956. The van der Waals surface area contributed by atoms with E-state index in [1.54, 1.807) is 28.8 Å². The first-order valence-corrected chi connectivity index (χ1v) is 16.9. The van der Waals surface area contributed by atoms with Crippen molar-refractivity contribution >= 4 is 64.9 Å². The van der Waals surface area contributed by atoms with Gasteiger partial charge >= 0.3 is 5.01 Å². The maximum Gasteiger partial charge on any atom is 0.304 e. The molecule has 9 nitrogen and oxygen atoms in total. The average Bonchev–Trinajstić information content (AvgIpc) is 3.45. The van der Waals surface area contributed by atoms with Crippen LogP contribution in [0.5, 0.6) is 5.75 Å². The molecule has 2 heterocycles. The van der Waals surface area contributed by atoms with Crippen molar-refractivity contribution in [1.82, 2.24) is 0 Å². The number of ether oxygens (including phenoxy) is 1. The van der Waals surface area contributed by atoms with Gasteiger partial charge in [0.1, 0.15) is 4.70 Å². The van der Waals surface area contributed by atoms with Gasteiger partial charge in [-0.05, 0) is 41.8 Å². The van der Waals surface area contributed by atoms with Crippen LogP contribution in [-0.4, -0.2) is 44.0 Å². The van der Waals surface area contributed by atoms with Crippen LogP contribution in [0, 0.1) is 0 Å². The Morgan fingerprint density at radius 2 is 1.63 bits per heavy atom. The van der Waals surface area contributed by atoms with E-state index in [-0.39, 0.29) is 36.8 Å². The first-order valence-electron chi connectivity index (χ1n) is 12.5. The van der Waals surface area contributed by atoms with Crippen LogP contribution in [0.4, 0.5) is 10.1 Å². The Balaban J connectivity index is 1.60. The van der Waals surface area contributed by atoms with E-state index >= 15 is 4.39 Å². The fourth-order valence-electron chi connectivity index (χ4n) is 4.62. The summed E-state index contributed by atoms with van der Waals surface area (Å²) in [6, 6.07) is 19.9. The Bertz CT molecular complexity index is 1860. The maximum atomic E-state index is 16.5. The molecule has 0 bridgehead atoms. The van der Waals surface area contributed by atoms with E-state index in [1.165, 1.54) is 4.90 Å². The highest BCUT2D eigenvalue weighted by Gasteiger charge is 2.36. The number of hydrogen-bond donors (Lipinski definition) is 2. The molecule has 0 unspecified atom stereocenters. The van der Waals surface area contributed by atoms with Crippen molar-refractivity contribution in [2.24, 2.45) is 0 Å². The number of rotatable bonds is 10. The molecule has 0 atom stereocenters. The third-order valence-corrected chi connectivity index (χ3v) is 9.42. The van der Waals surface area contributed by atoms with Crippen molar-refractivity contribution in [2.75, 3.05) is 23.0 Å². The molecule has 1 aliphatic rings. The van der Waals surface area contributed by atoms with Crippen LogP contribution in [0.15, 0.2) is 72.6 Å². The Kier molecular flexibility index (Phi) is 8.37. The zero-order valence-corrected chi connectivity index (χ0v) is 24.6. The van der Waals surface area contributed by atoms with Gasteiger partial charge in [0.05, 0.1) is 17.2 Å². The maximum absolute atomic E-state index is 16.5. The molecule has 4 aromatic rings. The first-order chi connectivity index (χ1) is 19.4. The number of aryl methyl sites for hydroxylation is 1. The summed E-state index contributed by atoms with van der Waals surface area (Å²) in [6.07, 6.45) is 0.00140. The van der Waals surface area contributed by atoms with Gasteiger partial charge in [-0.2, -0.15) is 25.8 Å². The third kappa shape index (κ3) is 6.88. The SMILES string of the molecule is O=S(=O)(O)CCCN1/C(=C(/F)c2sc3ccc(Cl)cc3[n+]2CCCS(=O)(=O)O)Oc2ccc(-c3ccccc3)cc21. The number of halogens is 2. The van der Waals surface area contributed by atoms with Gasteiger partial charge in [-0.25, -0.2) is 0 Å². The highest BCUT2D eigenvalue weighted by atomic mass is 35.5. The number of thiazole rings is 1. The van der Waals surface area contributed by atoms with E-state index < -0.39 is 37.6 Å². The molecular weight excluding hydrogens is 615 g/mol. The van der Waals surface area contributed by atoms with Crippen LogP contribution >= 0.6 is 22.9 Å². The van der Waals surface area contributed by atoms with Crippen LogP contribution < -0.4 is 14.2 Å². The second-order valence-electron chi connectivity index (χ2n) is 9.37. The van der Waals surface area contributed by atoms with E-state index in [4.69, 9.17) is 16.3 Å². The lowest BCUT2D eigenvalue weighted by Gasteiger charge is -2.18. The van der Waals surface area contributed by atoms with Crippen LogP contribution in [-0.2, 0) is 26.8 Å². The number of aromatic nitrogens is 1. The molecule has 0 spiro atoms. The lowest BCUT2D eigenvalue weighted by Crippen LogP contribution is -2.37. The van der Waals surface area contributed by atoms with Crippen LogP contribution in [0.25, 0.3) is 27.2 Å². The number of nitrogens with zero attached hydrogens (tertiary/aromatic N) is 2. The highest BCUT2D eigenvalue weighted by molar-refractivity contribution is 7.86. The van der Waals surface area contributed by atoms with Crippen molar-refractivity contribution in [3.05, 3.63) is 82.6 Å². The molecule has 0 saturated heterocycles. The molecule has 0 fully saturated rings. The summed E-state index contributed by atoms with van der Waals surface area (Å²) in [5, 5.41) is 0.534. The molecule has 1 aromatic heterocycles. The molecule has 3 aromatic carbocycles. The Morgan fingerprint density at radius 3 is 2.34 bits per heavy atom. The standard InChI is InChI=1S/C27H24ClFN2O7S3/c28-20-9-11-24-22(17-20)31(13-5-15-41(35,36)37)27(39-24)25(29)26-30(12-4-14-40(32,33)34)21-16-19(8-10-23(21)38-26)18-6-2-1-3-7-18/h1-3,6-11,16-17H,4-5,12-15H2,(H-,32,33,34,35,36,37)/p+1. The number of hydrogen-bond acceptors (Lipinski definition) is 7. The smallest absolute Gasteiger partial charge is 0.304 e. The summed E-state index contributed by atoms with van der Waals surface area (Å²) < 4.78 is 88.8. The van der Waals surface area contributed by atoms with Crippen molar-refractivity contribution in [2.45, 2.75) is 19.4 Å². The van der Waals surface area contributed by atoms with Crippen LogP contribution in [0.3, 0.4) is 0 Å². The molecular formula is C27H25ClFN2O7S3+. The van der Waals surface area contributed by atoms with E-state index in [0.717, 1.165) is 22.5 Å². The zero-order valence-electron chi connectivity index (χ0n) is 21.4. The van der Waals surface area contributed by atoms with Gasteiger partial charge in [0.25, 0.3) is 26.1 Å². The molecule has 0 saturated carbocycles. The lowest BCUT2D eigenvalue weighted by molar-refractivity contribution is -0.669. The third-order valence-electron chi connectivity index (χ3n) is 6.42. The van der Waals surface area contributed by atoms with Crippen LogP contribution in [0.2, 0.25) is 5.02 Å². The largest absolute Gasteiger partial charge is 0.435 e. The van der Waals surface area contributed by atoms with E-state index in [9.17, 15) is 25.9 Å². The number of fused-ring (bicyclic) bond motifs is 2. The van der Waals surface area contributed by atoms with Gasteiger partial charge in [0.2, 0.25) is 11.4 Å². The summed E-state index contributed by atoms with van der Waals surface area (Å²) in [4.78, 5) is 1.53. The van der Waals surface area contributed by atoms with E-state index in [2.05, 4.69) is 0 Å². The fraction of sp³-hybridized carbons (Fsp3) is 0.222. The van der Waals surface area contributed by atoms with Crippen molar-refractivity contribution in [3.8, 4) is 16.9 Å². The zero-order chi connectivity index (χ0) is 29.4. The molecule has 5 rings (SSSR count). The van der Waals surface area contributed by atoms with Gasteiger partial charge in [-0.15, -0.1) is 0 Å². The van der Waals surface area contributed by atoms with Gasteiger partial charge in [0, 0.05) is 24.1 Å². The normalized spacial score (nSPS) is 14.8. The molecule has 41 heavy (non-hydrogen) atoms. The Hall–Kier alpha value is -3.07. The van der Waals surface area contributed by atoms with Crippen molar-refractivity contribution in [1.29, 1.82) is 0 Å². The summed E-state index contributed by atoms with van der Waals surface area (Å²) in [6.45, 7) is 0.0806. The lowest BCUT2D eigenvalue weighted by atomic mass is 10.0. The molecule has 0 aliphatic carbocycles. The summed E-state index contributed by atoms with van der Waals surface area (Å²) in [5.41, 5.74) is 2.85. The summed E-state index contributed by atoms with van der Waals surface area (Å²) >= 11 is 7.32. The van der Waals surface area contributed by atoms with E-state index in [0.29, 0.717) is 26.7 Å². The quantitative estimate of drug-likeness (QED) is 0.171.